The summed E-state index contributed by atoms with van der Waals surface area (Å²) < 4.78 is 2.96. The molecule has 0 heterocycles. The van der Waals surface area contributed by atoms with Crippen molar-refractivity contribution in [2.75, 3.05) is 0 Å². The molecule has 0 aliphatic carbocycles. The zero-order chi connectivity index (χ0) is 14.9. The fourth-order valence-electron chi connectivity index (χ4n) is 1.08. The maximum Gasteiger partial charge on any atom is 0.357 e. The minimum atomic E-state index is 0. The van der Waals surface area contributed by atoms with Gasteiger partial charge in [-0.3, -0.25) is 0 Å². The predicted octanol–water partition coefficient (Wildman–Crippen LogP) is 4.91. The van der Waals surface area contributed by atoms with Crippen LogP contribution in [0.1, 0.15) is 42.5 Å². The molecule has 0 saturated carbocycles. The van der Waals surface area contributed by atoms with E-state index >= 15 is 0 Å². The lowest BCUT2D eigenvalue weighted by molar-refractivity contribution is -0.597. The van der Waals surface area contributed by atoms with Crippen LogP contribution in [0.4, 0.5) is 0 Å². The maximum atomic E-state index is 2.21. The SMILES string of the molecule is C.C.CC.CC.II.c1ccc([I+]c2ccccc2)cc1. The molecule has 3 heteroatoms. The highest BCUT2D eigenvalue weighted by Gasteiger charge is 2.12. The Morgan fingerprint density at radius 1 is 0.571 bits per heavy atom. The highest BCUT2D eigenvalue weighted by atomic mass is 128. The summed E-state index contributed by atoms with van der Waals surface area (Å²) in [5, 5.41) is 0. The summed E-state index contributed by atoms with van der Waals surface area (Å²) in [7, 11) is 0. The zero-order valence-electron chi connectivity index (χ0n) is 11.9. The van der Waals surface area contributed by atoms with Crippen molar-refractivity contribution < 1.29 is 21.2 Å². The number of rotatable bonds is 2. The highest BCUT2D eigenvalue weighted by molar-refractivity contribution is 15.0. The van der Waals surface area contributed by atoms with Gasteiger partial charge in [0, 0.05) is 37.2 Å². The molecule has 0 saturated heterocycles. The third-order valence-electron chi connectivity index (χ3n) is 1.68. The molecule has 0 fully saturated rings. The molecule has 2 aromatic rings. The Morgan fingerprint density at radius 2 is 0.810 bits per heavy atom. The van der Waals surface area contributed by atoms with Crippen molar-refractivity contribution in [3.63, 3.8) is 0 Å². The third-order valence-corrected chi connectivity index (χ3v) is 4.37. The van der Waals surface area contributed by atoms with Crippen molar-refractivity contribution in [3.05, 3.63) is 67.8 Å². The van der Waals surface area contributed by atoms with Crippen molar-refractivity contribution >= 4 is 37.2 Å². The molecule has 0 radical (unpaired) electrons. The summed E-state index contributed by atoms with van der Waals surface area (Å²) in [4.78, 5) is 0. The maximum absolute atomic E-state index is 2.21. The average Bonchev–Trinajstić information content (AvgIpc) is 2.55. The van der Waals surface area contributed by atoms with E-state index in [1.807, 2.05) is 27.7 Å². The van der Waals surface area contributed by atoms with Crippen LogP contribution in [-0.2, 0) is 0 Å². The zero-order valence-corrected chi connectivity index (χ0v) is 18.4. The summed E-state index contributed by atoms with van der Waals surface area (Å²) in [5.74, 6) is 0. The topological polar surface area (TPSA) is 0 Å². The lowest BCUT2D eigenvalue weighted by atomic mass is 10.4. The van der Waals surface area contributed by atoms with E-state index in [4.69, 9.17) is 0 Å². The minimum Gasteiger partial charge on any atom is -0.0776 e. The fourth-order valence-corrected chi connectivity index (χ4v) is 3.35. The van der Waals surface area contributed by atoms with E-state index in [9.17, 15) is 0 Å². The third kappa shape index (κ3) is 16.8. The van der Waals surface area contributed by atoms with Crippen LogP contribution in [0.5, 0.6) is 0 Å². The first-order chi connectivity index (χ1) is 9.45. The van der Waals surface area contributed by atoms with Crippen LogP contribution in [0.25, 0.3) is 0 Å². The molecule has 0 bridgehead atoms. The van der Waals surface area contributed by atoms with Crippen molar-refractivity contribution in [3.8, 4) is 0 Å². The quantitative estimate of drug-likeness (QED) is 0.416. The number of halogens is 3. The van der Waals surface area contributed by atoms with Crippen LogP contribution < -0.4 is 21.2 Å². The Hall–Kier alpha value is 0.630. The molecular weight excluding hydrogens is 597 g/mol. The fraction of sp³-hybridized carbons (Fsp3) is 0.333. The van der Waals surface area contributed by atoms with E-state index in [-0.39, 0.29) is 36.1 Å². The molecule has 0 unspecified atom stereocenters. The second kappa shape index (κ2) is 25.6. The van der Waals surface area contributed by atoms with E-state index < -0.39 is 0 Å². The smallest absolute Gasteiger partial charge is 0.0776 e. The number of hydrogen-bond acceptors (Lipinski definition) is 0. The van der Waals surface area contributed by atoms with Crippen LogP contribution in [0, 0.1) is 7.14 Å². The van der Waals surface area contributed by atoms with Gasteiger partial charge in [-0.2, -0.15) is 0 Å². The lowest BCUT2D eigenvalue weighted by Crippen LogP contribution is -3.61. The standard InChI is InChI=1S/C12H10I.2C2H6.2CH4.I2/c1-3-7-11(8-4-1)13-12-9-5-2-6-10-12;2*1-2;;;1-2/h1-10H;2*1-2H3;2*1H4;/q+1;;;;;. The van der Waals surface area contributed by atoms with Crippen molar-refractivity contribution in [2.24, 2.45) is 0 Å². The Bertz CT molecular complexity index is 323. The van der Waals surface area contributed by atoms with Gasteiger partial charge in [-0.05, 0) is 24.3 Å². The van der Waals surface area contributed by atoms with Crippen LogP contribution in [-0.4, -0.2) is 0 Å². The predicted molar refractivity (Wildman–Crippen MR) is 114 cm³/mol. The minimum absolute atomic E-state index is 0. The van der Waals surface area contributed by atoms with Gasteiger partial charge in [0.05, 0.1) is 0 Å². The molecular formula is C18H30I3+. The molecule has 122 valence electrons. The van der Waals surface area contributed by atoms with Gasteiger partial charge in [0.1, 0.15) is 0 Å². The molecule has 0 atom stereocenters. The van der Waals surface area contributed by atoms with Gasteiger partial charge in [-0.25, -0.2) is 0 Å². The van der Waals surface area contributed by atoms with E-state index in [0.717, 1.165) is 0 Å². The Balaban J connectivity index is -0.000000162. The molecule has 0 aromatic heterocycles. The molecule has 0 aliphatic heterocycles. The molecule has 0 aliphatic rings. The summed E-state index contributed by atoms with van der Waals surface area (Å²) >= 11 is 4.27. The van der Waals surface area contributed by atoms with Crippen LogP contribution in [0.3, 0.4) is 0 Å². The van der Waals surface area contributed by atoms with Crippen LogP contribution >= 0.6 is 37.2 Å². The van der Waals surface area contributed by atoms with Crippen molar-refractivity contribution in [2.45, 2.75) is 42.5 Å². The van der Waals surface area contributed by atoms with Crippen molar-refractivity contribution in [1.82, 2.24) is 0 Å². The van der Waals surface area contributed by atoms with Gasteiger partial charge in [0.15, 0.2) is 7.14 Å². The van der Waals surface area contributed by atoms with Gasteiger partial charge in [0.2, 0.25) is 0 Å². The largest absolute Gasteiger partial charge is 0.357 e. The summed E-state index contributed by atoms with van der Waals surface area (Å²) in [6.07, 6.45) is 0. The first kappa shape index (κ1) is 29.6. The van der Waals surface area contributed by atoms with E-state index in [2.05, 4.69) is 97.9 Å². The molecule has 0 spiro atoms. The molecule has 0 nitrogen and oxygen atoms in total. The Labute approximate surface area is 167 Å². The van der Waals surface area contributed by atoms with Gasteiger partial charge in [-0.1, -0.05) is 78.9 Å². The number of hydrogen-bond donors (Lipinski definition) is 0. The normalized spacial score (nSPS) is 6.95. The summed E-state index contributed by atoms with van der Waals surface area (Å²) in [6, 6.07) is 21.4. The van der Waals surface area contributed by atoms with E-state index in [0.29, 0.717) is 0 Å². The van der Waals surface area contributed by atoms with E-state index in [1.165, 1.54) is 7.14 Å². The summed E-state index contributed by atoms with van der Waals surface area (Å²) in [6.45, 7) is 8.00. The van der Waals surface area contributed by atoms with Crippen LogP contribution in [0.15, 0.2) is 60.7 Å². The second-order valence-corrected chi connectivity index (χ2v) is 5.72. The molecule has 0 amide bonds. The average molecular weight is 627 g/mol. The first-order valence-electron chi connectivity index (χ1n) is 6.34. The van der Waals surface area contributed by atoms with Gasteiger partial charge >= 0.3 is 21.2 Å². The molecule has 0 N–H and O–H groups in total. The molecule has 2 rings (SSSR count). The molecule has 2 aromatic carbocycles. The lowest BCUT2D eigenvalue weighted by Gasteiger charge is -1.84. The van der Waals surface area contributed by atoms with Crippen LogP contribution in [0.2, 0.25) is 0 Å². The Morgan fingerprint density at radius 3 is 1.05 bits per heavy atom. The Kier molecular flexibility index (Phi) is 36.1. The van der Waals surface area contributed by atoms with Gasteiger partial charge in [0.25, 0.3) is 0 Å². The first-order valence-corrected chi connectivity index (χ1v) is 14.8. The van der Waals surface area contributed by atoms with Gasteiger partial charge in [-0.15, -0.1) is 0 Å². The molecule has 21 heavy (non-hydrogen) atoms. The van der Waals surface area contributed by atoms with Crippen molar-refractivity contribution in [1.29, 1.82) is 0 Å². The highest BCUT2D eigenvalue weighted by Crippen LogP contribution is 1.89. The summed E-state index contributed by atoms with van der Waals surface area (Å²) in [5.41, 5.74) is 0. The van der Waals surface area contributed by atoms with E-state index in [1.54, 1.807) is 0 Å². The second-order valence-electron chi connectivity index (χ2n) is 2.69. The monoisotopic (exact) mass is 627 g/mol. The number of benzene rings is 2. The van der Waals surface area contributed by atoms with Gasteiger partial charge < -0.3 is 0 Å².